The summed E-state index contributed by atoms with van der Waals surface area (Å²) in [6.07, 6.45) is 0.176. The first kappa shape index (κ1) is 22.8. The summed E-state index contributed by atoms with van der Waals surface area (Å²) >= 11 is 1.27. The highest BCUT2D eigenvalue weighted by atomic mass is 32.1. The fourth-order valence-corrected chi connectivity index (χ4v) is 4.37. The quantitative estimate of drug-likeness (QED) is 0.371. The normalized spacial score (nSPS) is 11.9. The van der Waals surface area contributed by atoms with Crippen LogP contribution < -0.4 is 5.32 Å². The van der Waals surface area contributed by atoms with Gasteiger partial charge in [0.1, 0.15) is 0 Å². The van der Waals surface area contributed by atoms with Gasteiger partial charge in [0.05, 0.1) is 35.2 Å². The summed E-state index contributed by atoms with van der Waals surface area (Å²) in [5.74, 6) is -0.671. The Morgan fingerprint density at radius 1 is 1.20 bits per heavy atom. The summed E-state index contributed by atoms with van der Waals surface area (Å²) in [6, 6.07) is 5.57. The zero-order valence-electron chi connectivity index (χ0n) is 18.6. The Morgan fingerprint density at radius 3 is 2.71 bits per heavy atom. The molecule has 5 rings (SSSR count). The Kier molecular flexibility index (Phi) is 5.63. The van der Waals surface area contributed by atoms with Crippen molar-refractivity contribution in [1.29, 1.82) is 0 Å². The molecule has 5 heterocycles. The molecule has 1 amide bonds. The highest BCUT2D eigenvalue weighted by molar-refractivity contribution is 7.13. The van der Waals surface area contributed by atoms with E-state index in [1.807, 2.05) is 18.5 Å². The maximum absolute atomic E-state index is 13.7. The number of thiophene rings is 1. The third-order valence-corrected chi connectivity index (χ3v) is 6.34. The molecule has 0 saturated carbocycles. The number of amides is 1. The minimum Gasteiger partial charge on any atom is -0.318 e. The van der Waals surface area contributed by atoms with Gasteiger partial charge in [-0.1, -0.05) is 6.07 Å². The van der Waals surface area contributed by atoms with E-state index in [0.717, 1.165) is 23.9 Å². The average molecular weight is 501 g/mol. The van der Waals surface area contributed by atoms with E-state index in [-0.39, 0.29) is 17.0 Å². The number of aryl methyl sites for hydroxylation is 1. The maximum atomic E-state index is 13.7. The molecule has 13 heteroatoms. The summed E-state index contributed by atoms with van der Waals surface area (Å²) in [5.41, 5.74) is 1.27. The van der Waals surface area contributed by atoms with Gasteiger partial charge in [-0.05, 0) is 31.4 Å². The Hall–Kier alpha value is -4.00. The summed E-state index contributed by atoms with van der Waals surface area (Å²) in [6.45, 7) is 5.18. The van der Waals surface area contributed by atoms with Gasteiger partial charge in [0, 0.05) is 30.1 Å². The molecule has 0 aliphatic carbocycles. The number of aromatic nitrogens is 7. The molecule has 0 bridgehead atoms. The van der Waals surface area contributed by atoms with Crippen LogP contribution in [0.25, 0.3) is 16.2 Å². The molecule has 0 aromatic carbocycles. The third-order valence-electron chi connectivity index (χ3n) is 5.45. The van der Waals surface area contributed by atoms with Crippen molar-refractivity contribution in [2.45, 2.75) is 33.1 Å². The number of alkyl halides is 3. The average Bonchev–Trinajstić information content (AvgIpc) is 3.60. The van der Waals surface area contributed by atoms with Gasteiger partial charge in [-0.15, -0.1) is 11.3 Å². The molecule has 1 N–H and O–H groups in total. The number of hydrogen-bond donors (Lipinski definition) is 1. The number of fused-ring (bicyclic) bond motifs is 1. The molecular weight excluding hydrogens is 481 g/mol. The molecule has 0 aliphatic rings. The lowest BCUT2D eigenvalue weighted by atomic mass is 10.2. The molecule has 180 valence electrons. The third kappa shape index (κ3) is 4.41. The lowest BCUT2D eigenvalue weighted by Gasteiger charge is -2.10. The van der Waals surface area contributed by atoms with Crippen molar-refractivity contribution in [2.75, 3.05) is 5.32 Å². The zero-order valence-corrected chi connectivity index (χ0v) is 19.4. The topological polar surface area (TPSA) is 94.9 Å². The first-order valence-corrected chi connectivity index (χ1v) is 11.5. The fourth-order valence-electron chi connectivity index (χ4n) is 3.68. The largest absolute Gasteiger partial charge is 0.433 e. The first-order valence-electron chi connectivity index (χ1n) is 10.6. The number of carbonyl (C=O) groups excluding carboxylic acids is 1. The van der Waals surface area contributed by atoms with Crippen LogP contribution in [0.1, 0.15) is 34.4 Å². The monoisotopic (exact) mass is 500 g/mol. The van der Waals surface area contributed by atoms with Crippen LogP contribution in [0.2, 0.25) is 0 Å². The molecular formula is C22H19F3N8OS. The number of rotatable bonds is 6. The van der Waals surface area contributed by atoms with E-state index in [1.165, 1.54) is 23.6 Å². The standard InChI is InChI=1S/C22H19F3N8OS/c1-3-32-13(2)14(9-27-32)11-31-12-15(10-26-31)28-21(34)17-8-20-29-16(18-5-4-6-35-18)7-19(22(23,24)25)33(20)30-17/h4-10,12H,3,11H2,1-2H3,(H,28,34). The van der Waals surface area contributed by atoms with Gasteiger partial charge in [0.25, 0.3) is 5.91 Å². The smallest absolute Gasteiger partial charge is 0.318 e. The molecule has 0 fully saturated rings. The number of nitrogens with one attached hydrogen (secondary N) is 1. The Bertz CT molecular complexity index is 1510. The van der Waals surface area contributed by atoms with E-state index in [1.54, 1.807) is 34.6 Å². The van der Waals surface area contributed by atoms with Crippen molar-refractivity contribution in [3.05, 3.63) is 70.9 Å². The number of anilines is 1. The summed E-state index contributed by atoms with van der Waals surface area (Å²) < 4.78 is 45.3. The molecule has 5 aromatic rings. The molecule has 0 saturated heterocycles. The van der Waals surface area contributed by atoms with Gasteiger partial charge < -0.3 is 5.32 Å². The van der Waals surface area contributed by atoms with Crippen LogP contribution in [0.5, 0.6) is 0 Å². The molecule has 9 nitrogen and oxygen atoms in total. The van der Waals surface area contributed by atoms with Crippen LogP contribution >= 0.6 is 11.3 Å². The lowest BCUT2D eigenvalue weighted by molar-refractivity contribution is -0.142. The fraction of sp³-hybridized carbons (Fsp3) is 0.227. The molecule has 0 spiro atoms. The van der Waals surface area contributed by atoms with Crippen LogP contribution in [-0.2, 0) is 19.3 Å². The second-order valence-corrected chi connectivity index (χ2v) is 8.70. The number of hydrogen-bond acceptors (Lipinski definition) is 6. The van der Waals surface area contributed by atoms with E-state index >= 15 is 0 Å². The lowest BCUT2D eigenvalue weighted by Crippen LogP contribution is -2.15. The molecule has 35 heavy (non-hydrogen) atoms. The summed E-state index contributed by atoms with van der Waals surface area (Å²) in [5, 5.41) is 16.8. The van der Waals surface area contributed by atoms with E-state index in [2.05, 4.69) is 25.6 Å². The first-order chi connectivity index (χ1) is 16.7. The van der Waals surface area contributed by atoms with Crippen LogP contribution in [0.4, 0.5) is 18.9 Å². The highest BCUT2D eigenvalue weighted by Crippen LogP contribution is 2.33. The SMILES string of the molecule is CCn1ncc(Cn2cc(NC(=O)c3cc4nc(-c5cccs5)cc(C(F)(F)F)n4n3)cn2)c1C. The second-order valence-electron chi connectivity index (χ2n) is 7.75. The zero-order chi connectivity index (χ0) is 24.7. The molecule has 0 unspecified atom stereocenters. The van der Waals surface area contributed by atoms with Crippen molar-refractivity contribution in [2.24, 2.45) is 0 Å². The summed E-state index contributed by atoms with van der Waals surface area (Å²) in [7, 11) is 0. The van der Waals surface area contributed by atoms with Gasteiger partial charge in [0.2, 0.25) is 0 Å². The number of halogens is 3. The Labute approximate surface area is 200 Å². The van der Waals surface area contributed by atoms with Gasteiger partial charge >= 0.3 is 6.18 Å². The van der Waals surface area contributed by atoms with E-state index < -0.39 is 17.8 Å². The molecule has 0 aliphatic heterocycles. The van der Waals surface area contributed by atoms with Crippen molar-refractivity contribution in [3.8, 4) is 10.6 Å². The van der Waals surface area contributed by atoms with Gasteiger partial charge in [-0.25, -0.2) is 9.50 Å². The van der Waals surface area contributed by atoms with Gasteiger partial charge in [-0.2, -0.15) is 28.5 Å². The van der Waals surface area contributed by atoms with E-state index in [0.29, 0.717) is 21.6 Å². The number of carbonyl (C=O) groups is 1. The van der Waals surface area contributed by atoms with Gasteiger partial charge in [0.15, 0.2) is 17.0 Å². The molecule has 0 radical (unpaired) electrons. The van der Waals surface area contributed by atoms with Crippen LogP contribution in [0, 0.1) is 6.92 Å². The van der Waals surface area contributed by atoms with Crippen LogP contribution in [-0.4, -0.2) is 40.1 Å². The van der Waals surface area contributed by atoms with Crippen LogP contribution in [0.3, 0.4) is 0 Å². The van der Waals surface area contributed by atoms with Crippen molar-refractivity contribution >= 4 is 28.6 Å². The maximum Gasteiger partial charge on any atom is 0.433 e. The predicted molar refractivity (Wildman–Crippen MR) is 123 cm³/mol. The Morgan fingerprint density at radius 2 is 2.03 bits per heavy atom. The Balaban J connectivity index is 1.40. The minimum absolute atomic E-state index is 0.0764. The van der Waals surface area contributed by atoms with Crippen LogP contribution in [0.15, 0.2) is 48.2 Å². The highest BCUT2D eigenvalue weighted by Gasteiger charge is 2.35. The molecule has 5 aromatic heterocycles. The van der Waals surface area contributed by atoms with E-state index in [4.69, 9.17) is 0 Å². The predicted octanol–water partition coefficient (Wildman–Crippen LogP) is 4.50. The van der Waals surface area contributed by atoms with Gasteiger partial charge in [-0.3, -0.25) is 14.2 Å². The molecule has 0 atom stereocenters. The van der Waals surface area contributed by atoms with Crippen molar-refractivity contribution in [3.63, 3.8) is 0 Å². The minimum atomic E-state index is -4.68. The van der Waals surface area contributed by atoms with E-state index in [9.17, 15) is 18.0 Å². The second kappa shape index (κ2) is 8.65. The number of nitrogens with zero attached hydrogens (tertiary/aromatic N) is 7. The van der Waals surface area contributed by atoms with Crippen molar-refractivity contribution < 1.29 is 18.0 Å². The summed E-state index contributed by atoms with van der Waals surface area (Å²) in [4.78, 5) is 17.6. The van der Waals surface area contributed by atoms with Crippen molar-refractivity contribution in [1.82, 2.24) is 34.2 Å².